The van der Waals surface area contributed by atoms with Gasteiger partial charge in [-0.3, -0.25) is 0 Å². The van der Waals surface area contributed by atoms with Crippen LogP contribution in [0, 0.1) is 17.8 Å². The van der Waals surface area contributed by atoms with Gasteiger partial charge in [0.25, 0.3) is 0 Å². The molecule has 0 unspecified atom stereocenters. The van der Waals surface area contributed by atoms with Crippen LogP contribution in [0.15, 0.2) is 48.5 Å². The lowest BCUT2D eigenvalue weighted by molar-refractivity contribution is 0.339. The Morgan fingerprint density at radius 1 is 0.885 bits per heavy atom. The van der Waals surface area contributed by atoms with E-state index in [1.807, 2.05) is 6.92 Å². The van der Waals surface area contributed by atoms with Gasteiger partial charge >= 0.3 is 0 Å². The molecule has 0 saturated heterocycles. The molecule has 0 radical (unpaired) electrons. The quantitative estimate of drug-likeness (QED) is 0.572. The maximum absolute atomic E-state index is 5.54. The fourth-order valence-electron chi connectivity index (χ4n) is 3.80. The largest absolute Gasteiger partial charge is 0.494 e. The molecule has 136 valence electrons. The Balaban J connectivity index is 1.52. The normalized spacial score (nSPS) is 19.5. The van der Waals surface area contributed by atoms with Crippen LogP contribution in [0.3, 0.4) is 0 Å². The molecular formula is C25H30O. The zero-order valence-electron chi connectivity index (χ0n) is 16.1. The van der Waals surface area contributed by atoms with Gasteiger partial charge in [0.1, 0.15) is 5.75 Å². The Morgan fingerprint density at radius 3 is 2.19 bits per heavy atom. The minimum Gasteiger partial charge on any atom is -0.494 e. The van der Waals surface area contributed by atoms with Crippen molar-refractivity contribution in [2.75, 3.05) is 6.61 Å². The summed E-state index contributed by atoms with van der Waals surface area (Å²) in [5.74, 6) is 9.11. The minimum absolute atomic E-state index is 0.546. The molecule has 0 aliphatic heterocycles. The predicted molar refractivity (Wildman–Crippen MR) is 110 cm³/mol. The summed E-state index contributed by atoms with van der Waals surface area (Å²) < 4.78 is 5.54. The van der Waals surface area contributed by atoms with E-state index in [0.717, 1.165) is 24.3 Å². The van der Waals surface area contributed by atoms with Crippen LogP contribution in [-0.4, -0.2) is 6.61 Å². The van der Waals surface area contributed by atoms with E-state index >= 15 is 0 Å². The molecule has 1 saturated carbocycles. The van der Waals surface area contributed by atoms with Crippen molar-refractivity contribution in [3.63, 3.8) is 0 Å². The number of hydrogen-bond donors (Lipinski definition) is 0. The van der Waals surface area contributed by atoms with E-state index in [2.05, 4.69) is 67.3 Å². The summed E-state index contributed by atoms with van der Waals surface area (Å²) in [6.07, 6.45) is 7.25. The first kappa shape index (κ1) is 18.6. The van der Waals surface area contributed by atoms with E-state index in [9.17, 15) is 0 Å². The van der Waals surface area contributed by atoms with Gasteiger partial charge in [-0.25, -0.2) is 0 Å². The van der Waals surface area contributed by atoms with Gasteiger partial charge in [-0.2, -0.15) is 0 Å². The highest BCUT2D eigenvalue weighted by Crippen LogP contribution is 2.36. The van der Waals surface area contributed by atoms with E-state index in [0.29, 0.717) is 11.8 Å². The van der Waals surface area contributed by atoms with E-state index in [1.165, 1.54) is 43.2 Å². The zero-order valence-corrected chi connectivity index (χ0v) is 16.1. The van der Waals surface area contributed by atoms with Gasteiger partial charge in [-0.1, -0.05) is 49.5 Å². The van der Waals surface area contributed by atoms with Crippen LogP contribution < -0.4 is 4.74 Å². The molecule has 26 heavy (non-hydrogen) atoms. The van der Waals surface area contributed by atoms with E-state index in [4.69, 9.17) is 4.74 Å². The molecule has 1 fully saturated rings. The van der Waals surface area contributed by atoms with Crippen molar-refractivity contribution in [1.82, 2.24) is 0 Å². The lowest BCUT2D eigenvalue weighted by Crippen LogP contribution is -2.12. The number of ether oxygens (including phenoxy) is 1. The van der Waals surface area contributed by atoms with Crippen LogP contribution in [0.1, 0.15) is 68.6 Å². The average molecular weight is 347 g/mol. The minimum atomic E-state index is 0.546. The monoisotopic (exact) mass is 346 g/mol. The van der Waals surface area contributed by atoms with Gasteiger partial charge in [0, 0.05) is 11.5 Å². The van der Waals surface area contributed by atoms with E-state index < -0.39 is 0 Å². The Hall–Kier alpha value is -2.20. The van der Waals surface area contributed by atoms with Crippen LogP contribution in [0.25, 0.3) is 0 Å². The lowest BCUT2D eigenvalue weighted by atomic mass is 9.79. The third kappa shape index (κ3) is 5.15. The molecule has 3 rings (SSSR count). The Bertz CT molecular complexity index is 722. The van der Waals surface area contributed by atoms with Crippen molar-refractivity contribution in [3.8, 4) is 17.6 Å². The van der Waals surface area contributed by atoms with Crippen LogP contribution in [0.4, 0.5) is 0 Å². The Morgan fingerprint density at radius 2 is 1.58 bits per heavy atom. The summed E-state index contributed by atoms with van der Waals surface area (Å²) in [5, 5.41) is 0. The highest BCUT2D eigenvalue weighted by atomic mass is 16.5. The molecule has 0 atom stereocenters. The molecule has 0 aromatic heterocycles. The van der Waals surface area contributed by atoms with Gasteiger partial charge in [-0.15, -0.1) is 0 Å². The van der Waals surface area contributed by atoms with Crippen LogP contribution in [0.2, 0.25) is 0 Å². The molecule has 0 amide bonds. The highest BCUT2D eigenvalue weighted by Gasteiger charge is 2.21. The van der Waals surface area contributed by atoms with Crippen molar-refractivity contribution in [2.24, 2.45) is 5.92 Å². The number of aryl methyl sites for hydroxylation is 1. The third-order valence-corrected chi connectivity index (χ3v) is 5.30. The summed E-state index contributed by atoms with van der Waals surface area (Å²) in [7, 11) is 0. The molecule has 1 aliphatic rings. The molecule has 2 aromatic rings. The zero-order chi connectivity index (χ0) is 18.2. The first-order chi connectivity index (χ1) is 12.8. The molecule has 1 heteroatoms. The fraction of sp³-hybridized carbons (Fsp3) is 0.440. The second-order valence-corrected chi connectivity index (χ2v) is 7.27. The van der Waals surface area contributed by atoms with Crippen LogP contribution in [-0.2, 0) is 6.42 Å². The number of rotatable bonds is 5. The van der Waals surface area contributed by atoms with Crippen LogP contribution >= 0.6 is 0 Å². The summed E-state index contributed by atoms with van der Waals surface area (Å²) in [6, 6.07) is 17.5. The summed E-state index contributed by atoms with van der Waals surface area (Å²) >= 11 is 0. The number of hydrogen-bond acceptors (Lipinski definition) is 1. The standard InChI is InChI=1S/C25H30O/c1-3-5-20-6-8-21(9-7-20)10-11-22-12-14-23(15-13-22)24-16-18-25(19-17-24)26-4-2/h6-9,16-19,22-23H,3-5,12-15H2,1-2H3/t22-,23-. The highest BCUT2D eigenvalue weighted by molar-refractivity contribution is 5.37. The maximum Gasteiger partial charge on any atom is 0.119 e. The molecule has 0 N–H and O–H groups in total. The molecule has 2 aromatic carbocycles. The van der Waals surface area contributed by atoms with Crippen molar-refractivity contribution in [3.05, 3.63) is 65.2 Å². The van der Waals surface area contributed by atoms with Crippen LogP contribution in [0.5, 0.6) is 5.75 Å². The van der Waals surface area contributed by atoms with Crippen molar-refractivity contribution in [1.29, 1.82) is 0 Å². The molecular weight excluding hydrogens is 316 g/mol. The number of benzene rings is 2. The first-order valence-electron chi connectivity index (χ1n) is 10.1. The lowest BCUT2D eigenvalue weighted by Gasteiger charge is -2.26. The molecule has 1 aliphatic carbocycles. The van der Waals surface area contributed by atoms with Crippen molar-refractivity contribution in [2.45, 2.75) is 58.3 Å². The molecule has 0 heterocycles. The van der Waals surface area contributed by atoms with E-state index in [1.54, 1.807) is 0 Å². The first-order valence-corrected chi connectivity index (χ1v) is 10.1. The average Bonchev–Trinajstić information content (AvgIpc) is 2.69. The molecule has 0 spiro atoms. The molecule has 1 nitrogen and oxygen atoms in total. The smallest absolute Gasteiger partial charge is 0.119 e. The topological polar surface area (TPSA) is 9.23 Å². The van der Waals surface area contributed by atoms with Gasteiger partial charge in [0.15, 0.2) is 0 Å². The third-order valence-electron chi connectivity index (χ3n) is 5.30. The van der Waals surface area contributed by atoms with Gasteiger partial charge in [0.05, 0.1) is 6.61 Å². The maximum atomic E-state index is 5.54. The molecule has 0 bridgehead atoms. The Labute approximate surface area is 158 Å². The van der Waals surface area contributed by atoms with Gasteiger partial charge < -0.3 is 4.74 Å². The summed E-state index contributed by atoms with van der Waals surface area (Å²) in [6.45, 7) is 4.97. The second-order valence-electron chi connectivity index (χ2n) is 7.27. The predicted octanol–water partition coefficient (Wildman–Crippen LogP) is 6.36. The van der Waals surface area contributed by atoms with E-state index in [-0.39, 0.29) is 0 Å². The van der Waals surface area contributed by atoms with Crippen molar-refractivity contribution >= 4 is 0 Å². The Kier molecular flexibility index (Phi) is 6.78. The fourth-order valence-corrected chi connectivity index (χ4v) is 3.80. The summed E-state index contributed by atoms with van der Waals surface area (Å²) in [5.41, 5.74) is 4.01. The van der Waals surface area contributed by atoms with Gasteiger partial charge in [0.2, 0.25) is 0 Å². The summed E-state index contributed by atoms with van der Waals surface area (Å²) in [4.78, 5) is 0. The van der Waals surface area contributed by atoms with Gasteiger partial charge in [-0.05, 0) is 80.3 Å². The SMILES string of the molecule is CCCc1ccc(C#C[C@H]2CC[C@H](c3ccc(OCC)cc3)CC2)cc1. The van der Waals surface area contributed by atoms with Crippen molar-refractivity contribution < 1.29 is 4.74 Å². The second kappa shape index (κ2) is 9.48.